The number of benzene rings is 2. The number of halogens is 1. The van der Waals surface area contributed by atoms with Crippen LogP contribution in [0.5, 0.6) is 0 Å². The predicted molar refractivity (Wildman–Crippen MR) is 106 cm³/mol. The standard InChI is InChI=1S/C22H25FGeN/c1-16-14-20(23)19(17-10-7-6-8-11-17)15-18(16)22-21(24(2,3)4)12-9-13-25(22)5/h6-15H,1-5H3/q+1. The molecule has 3 heteroatoms. The van der Waals surface area contributed by atoms with Gasteiger partial charge in [0.2, 0.25) is 0 Å². The number of pyridine rings is 1. The van der Waals surface area contributed by atoms with E-state index in [0.717, 1.165) is 16.7 Å². The molecular formula is C22H25FGeN+. The summed E-state index contributed by atoms with van der Waals surface area (Å²) < 4.78 is 18.3. The fraction of sp³-hybridized carbons (Fsp3) is 0.227. The molecule has 0 spiro atoms. The number of hydrogen-bond acceptors (Lipinski definition) is 0. The van der Waals surface area contributed by atoms with Crippen LogP contribution in [-0.4, -0.2) is 13.3 Å². The molecule has 0 N–H and O–H groups in total. The van der Waals surface area contributed by atoms with Crippen molar-refractivity contribution in [3.05, 3.63) is 72.2 Å². The third-order valence-electron chi connectivity index (χ3n) is 4.64. The molecule has 0 aliphatic carbocycles. The number of nitrogens with zero attached hydrogens (tertiary/aromatic N) is 1. The van der Waals surface area contributed by atoms with Crippen molar-refractivity contribution in [3.63, 3.8) is 0 Å². The Morgan fingerprint density at radius 3 is 2.20 bits per heavy atom. The molecule has 0 aliphatic heterocycles. The molecule has 0 bridgehead atoms. The Labute approximate surface area is 152 Å². The van der Waals surface area contributed by atoms with Crippen LogP contribution < -0.4 is 8.96 Å². The first-order valence-electron chi connectivity index (χ1n) is 8.64. The van der Waals surface area contributed by atoms with Crippen LogP contribution in [-0.2, 0) is 7.05 Å². The van der Waals surface area contributed by atoms with Gasteiger partial charge in [0.25, 0.3) is 0 Å². The molecule has 2 aromatic carbocycles. The van der Waals surface area contributed by atoms with Gasteiger partial charge in [-0.2, -0.15) is 0 Å². The average molecular weight is 395 g/mol. The Bertz CT molecular complexity index is 911. The second kappa shape index (κ2) is 6.76. The quantitative estimate of drug-likeness (QED) is 0.442. The van der Waals surface area contributed by atoms with E-state index in [1.165, 1.54) is 10.1 Å². The molecule has 0 saturated heterocycles. The van der Waals surface area contributed by atoms with Crippen LogP contribution in [0.25, 0.3) is 22.4 Å². The third-order valence-corrected chi connectivity index (χ3v) is 8.88. The number of aromatic nitrogens is 1. The van der Waals surface area contributed by atoms with E-state index in [1.54, 1.807) is 6.07 Å². The Morgan fingerprint density at radius 2 is 1.56 bits per heavy atom. The van der Waals surface area contributed by atoms with Crippen LogP contribution in [0.4, 0.5) is 4.39 Å². The number of rotatable bonds is 3. The molecule has 0 fully saturated rings. The van der Waals surface area contributed by atoms with Gasteiger partial charge in [0, 0.05) is 0 Å². The van der Waals surface area contributed by atoms with Crippen LogP contribution in [0.15, 0.2) is 60.8 Å². The van der Waals surface area contributed by atoms with E-state index in [4.69, 9.17) is 0 Å². The van der Waals surface area contributed by atoms with Crippen LogP contribution in [0, 0.1) is 12.7 Å². The van der Waals surface area contributed by atoms with Gasteiger partial charge in [0.05, 0.1) is 0 Å². The van der Waals surface area contributed by atoms with Crippen molar-refractivity contribution in [3.8, 4) is 22.4 Å². The van der Waals surface area contributed by atoms with Crippen molar-refractivity contribution < 1.29 is 8.96 Å². The molecule has 128 valence electrons. The maximum absolute atomic E-state index is 14.7. The molecule has 1 nitrogen and oxygen atoms in total. The second-order valence-electron chi connectivity index (χ2n) is 7.64. The summed E-state index contributed by atoms with van der Waals surface area (Å²) in [7, 11) is 2.08. The van der Waals surface area contributed by atoms with E-state index in [0.29, 0.717) is 5.56 Å². The van der Waals surface area contributed by atoms with Gasteiger partial charge in [0.15, 0.2) is 0 Å². The van der Waals surface area contributed by atoms with Crippen molar-refractivity contribution in [2.75, 3.05) is 0 Å². The van der Waals surface area contributed by atoms with Gasteiger partial charge in [-0.15, -0.1) is 0 Å². The first kappa shape index (κ1) is 17.9. The summed E-state index contributed by atoms with van der Waals surface area (Å²) in [6.45, 7) is 2.00. The Morgan fingerprint density at radius 1 is 0.880 bits per heavy atom. The summed E-state index contributed by atoms with van der Waals surface area (Å²) in [5, 5.41) is 0. The van der Waals surface area contributed by atoms with Gasteiger partial charge in [-0.05, 0) is 0 Å². The monoisotopic (exact) mass is 396 g/mol. The average Bonchev–Trinajstić information content (AvgIpc) is 2.55. The van der Waals surface area contributed by atoms with Gasteiger partial charge in [-0.3, -0.25) is 0 Å². The zero-order valence-corrected chi connectivity index (χ0v) is 17.7. The molecule has 25 heavy (non-hydrogen) atoms. The zero-order valence-electron chi connectivity index (χ0n) is 15.6. The summed E-state index contributed by atoms with van der Waals surface area (Å²) in [4.78, 5) is 0. The Hall–Kier alpha value is -1.94. The van der Waals surface area contributed by atoms with E-state index >= 15 is 0 Å². The number of hydrogen-bond donors (Lipinski definition) is 0. The van der Waals surface area contributed by atoms with Gasteiger partial charge < -0.3 is 0 Å². The zero-order chi connectivity index (χ0) is 18.2. The summed E-state index contributed by atoms with van der Waals surface area (Å²) in [5.41, 5.74) is 4.91. The van der Waals surface area contributed by atoms with Gasteiger partial charge in [-0.25, -0.2) is 0 Å². The summed E-state index contributed by atoms with van der Waals surface area (Å²) >= 11 is -2.08. The molecule has 3 rings (SSSR count). The molecule has 0 unspecified atom stereocenters. The van der Waals surface area contributed by atoms with Crippen LogP contribution in [0.2, 0.25) is 17.3 Å². The third kappa shape index (κ3) is 3.54. The fourth-order valence-corrected chi connectivity index (χ4v) is 6.71. The van der Waals surface area contributed by atoms with Crippen LogP contribution in [0.3, 0.4) is 0 Å². The molecule has 1 aromatic heterocycles. The normalized spacial score (nSPS) is 11.6. The molecular weight excluding hydrogens is 370 g/mol. The predicted octanol–water partition coefficient (Wildman–Crippen LogP) is 4.84. The Kier molecular flexibility index (Phi) is 4.83. The topological polar surface area (TPSA) is 3.88 Å². The minimum absolute atomic E-state index is 0.162. The first-order valence-corrected chi connectivity index (χ1v) is 16.0. The van der Waals surface area contributed by atoms with Gasteiger partial charge in [-0.1, -0.05) is 0 Å². The van der Waals surface area contributed by atoms with Crippen molar-refractivity contribution in [1.29, 1.82) is 0 Å². The molecule has 0 saturated carbocycles. The van der Waals surface area contributed by atoms with E-state index < -0.39 is 13.3 Å². The second-order valence-corrected chi connectivity index (χ2v) is 18.2. The van der Waals surface area contributed by atoms with Crippen molar-refractivity contribution >= 4 is 17.7 Å². The maximum atomic E-state index is 14.7. The fourth-order valence-electron chi connectivity index (χ4n) is 3.32. The van der Waals surface area contributed by atoms with Crippen molar-refractivity contribution in [1.82, 2.24) is 0 Å². The molecule has 3 aromatic rings. The molecule has 1 heterocycles. The Balaban J connectivity index is 2.30. The van der Waals surface area contributed by atoms with E-state index in [1.807, 2.05) is 43.3 Å². The number of aryl methyl sites for hydroxylation is 2. The SMILES string of the molecule is Cc1cc(F)c(-c2ccccc2)cc1-c1[c]([Ge]([CH3])([CH3])[CH3])ccc[n+]1C. The van der Waals surface area contributed by atoms with E-state index in [9.17, 15) is 4.39 Å². The summed E-state index contributed by atoms with van der Waals surface area (Å²) in [5.74, 6) is 7.03. The first-order chi connectivity index (χ1) is 11.8. The van der Waals surface area contributed by atoms with E-state index in [-0.39, 0.29) is 5.82 Å². The molecule has 0 amide bonds. The molecule has 0 radical (unpaired) electrons. The van der Waals surface area contributed by atoms with Gasteiger partial charge in [0.1, 0.15) is 0 Å². The van der Waals surface area contributed by atoms with E-state index in [2.05, 4.69) is 47.2 Å². The van der Waals surface area contributed by atoms with Crippen LogP contribution >= 0.6 is 0 Å². The van der Waals surface area contributed by atoms with Crippen molar-refractivity contribution in [2.24, 2.45) is 7.05 Å². The van der Waals surface area contributed by atoms with Crippen molar-refractivity contribution in [2.45, 2.75) is 24.2 Å². The molecule has 0 atom stereocenters. The summed E-state index contributed by atoms with van der Waals surface area (Å²) in [6, 6.07) is 17.8. The molecule has 0 aliphatic rings. The summed E-state index contributed by atoms with van der Waals surface area (Å²) in [6.07, 6.45) is 2.08. The minimum atomic E-state index is -2.08. The van der Waals surface area contributed by atoms with Gasteiger partial charge >= 0.3 is 152 Å². The van der Waals surface area contributed by atoms with Crippen LogP contribution in [0.1, 0.15) is 5.56 Å².